The molecule has 0 heterocycles. The van der Waals surface area contributed by atoms with E-state index in [1.165, 1.54) is 6.92 Å². The van der Waals surface area contributed by atoms with Gasteiger partial charge < -0.3 is 14.9 Å². The average Bonchev–Trinajstić information content (AvgIpc) is 1.86. The summed E-state index contributed by atoms with van der Waals surface area (Å²) in [5.74, 6) is -1.02. The van der Waals surface area contributed by atoms with E-state index in [1.807, 2.05) is 6.92 Å². The molecular formula is C7H14O4. The maximum atomic E-state index is 10.4. The van der Waals surface area contributed by atoms with E-state index in [1.54, 1.807) is 0 Å². The van der Waals surface area contributed by atoms with Gasteiger partial charge in [-0.1, -0.05) is 13.3 Å². The first-order valence-electron chi connectivity index (χ1n) is 3.64. The fraction of sp³-hybridized carbons (Fsp3) is 0.857. The Morgan fingerprint density at radius 3 is 2.45 bits per heavy atom. The quantitative estimate of drug-likeness (QED) is 0.581. The second kappa shape index (κ2) is 5.09. The summed E-state index contributed by atoms with van der Waals surface area (Å²) in [6, 6.07) is 0. The molecular weight excluding hydrogens is 148 g/mol. The van der Waals surface area contributed by atoms with Crippen molar-refractivity contribution in [1.82, 2.24) is 0 Å². The predicted molar refractivity (Wildman–Crippen MR) is 39.1 cm³/mol. The van der Waals surface area contributed by atoms with Crippen molar-refractivity contribution in [3.05, 3.63) is 0 Å². The number of hydrogen-bond donors (Lipinski definition) is 2. The van der Waals surface area contributed by atoms with Crippen LogP contribution in [-0.2, 0) is 9.53 Å². The molecule has 2 unspecified atom stereocenters. The summed E-state index contributed by atoms with van der Waals surface area (Å²) in [4.78, 5) is 10.4. The fourth-order valence-electron chi connectivity index (χ4n) is 0.750. The Bertz CT molecular complexity index is 122. The SMILES string of the molecule is CCCC(OC(C)O)C(=O)O. The molecule has 66 valence electrons. The molecule has 4 heteroatoms. The van der Waals surface area contributed by atoms with Crippen LogP contribution in [0.2, 0.25) is 0 Å². The van der Waals surface area contributed by atoms with Gasteiger partial charge in [-0.2, -0.15) is 0 Å². The minimum Gasteiger partial charge on any atom is -0.479 e. The van der Waals surface area contributed by atoms with Gasteiger partial charge in [0.1, 0.15) is 0 Å². The van der Waals surface area contributed by atoms with Gasteiger partial charge in [0.25, 0.3) is 0 Å². The van der Waals surface area contributed by atoms with Crippen molar-refractivity contribution in [2.45, 2.75) is 39.1 Å². The molecule has 0 bridgehead atoms. The van der Waals surface area contributed by atoms with Crippen LogP contribution in [0.4, 0.5) is 0 Å². The van der Waals surface area contributed by atoms with Gasteiger partial charge in [0, 0.05) is 0 Å². The van der Waals surface area contributed by atoms with Crippen LogP contribution in [0, 0.1) is 0 Å². The van der Waals surface area contributed by atoms with E-state index in [0.29, 0.717) is 6.42 Å². The molecule has 4 nitrogen and oxygen atoms in total. The third kappa shape index (κ3) is 4.75. The molecule has 0 amide bonds. The molecule has 0 saturated heterocycles. The number of carboxylic acid groups (broad SMARTS) is 1. The first-order chi connectivity index (χ1) is 5.07. The molecule has 0 aliphatic carbocycles. The summed E-state index contributed by atoms with van der Waals surface area (Å²) < 4.78 is 4.71. The molecule has 0 saturated carbocycles. The summed E-state index contributed by atoms with van der Waals surface area (Å²) in [5, 5.41) is 17.2. The Morgan fingerprint density at radius 2 is 2.18 bits per heavy atom. The maximum absolute atomic E-state index is 10.4. The molecule has 0 aromatic rings. The van der Waals surface area contributed by atoms with Crippen LogP contribution in [0.15, 0.2) is 0 Å². The highest BCUT2D eigenvalue weighted by molar-refractivity contribution is 5.72. The van der Waals surface area contributed by atoms with Crippen molar-refractivity contribution in [3.63, 3.8) is 0 Å². The van der Waals surface area contributed by atoms with Gasteiger partial charge in [0.15, 0.2) is 12.4 Å². The van der Waals surface area contributed by atoms with E-state index in [9.17, 15) is 4.79 Å². The maximum Gasteiger partial charge on any atom is 0.332 e. The zero-order valence-corrected chi connectivity index (χ0v) is 6.78. The number of aliphatic hydroxyl groups excluding tert-OH is 1. The largest absolute Gasteiger partial charge is 0.479 e. The fourth-order valence-corrected chi connectivity index (χ4v) is 0.750. The molecule has 0 aromatic heterocycles. The molecule has 0 aliphatic heterocycles. The van der Waals surface area contributed by atoms with Gasteiger partial charge >= 0.3 is 5.97 Å². The molecule has 2 N–H and O–H groups in total. The highest BCUT2D eigenvalue weighted by Crippen LogP contribution is 2.04. The minimum atomic E-state index is -1.02. The highest BCUT2D eigenvalue weighted by Gasteiger charge is 2.18. The van der Waals surface area contributed by atoms with E-state index >= 15 is 0 Å². The first kappa shape index (κ1) is 10.4. The van der Waals surface area contributed by atoms with Gasteiger partial charge in [-0.15, -0.1) is 0 Å². The summed E-state index contributed by atoms with van der Waals surface area (Å²) in [6.45, 7) is 3.26. The van der Waals surface area contributed by atoms with Crippen molar-refractivity contribution in [3.8, 4) is 0 Å². The van der Waals surface area contributed by atoms with Gasteiger partial charge in [0.05, 0.1) is 0 Å². The van der Waals surface area contributed by atoms with Gasteiger partial charge in [-0.05, 0) is 13.3 Å². The molecule has 0 fully saturated rings. The first-order valence-corrected chi connectivity index (χ1v) is 3.64. The lowest BCUT2D eigenvalue weighted by Crippen LogP contribution is -2.27. The summed E-state index contributed by atoms with van der Waals surface area (Å²) in [7, 11) is 0. The van der Waals surface area contributed by atoms with Gasteiger partial charge in [-0.3, -0.25) is 0 Å². The number of aliphatic hydroxyl groups is 1. The predicted octanol–water partition coefficient (Wildman–Crippen LogP) is 0.595. The zero-order chi connectivity index (χ0) is 8.85. The number of hydrogen-bond acceptors (Lipinski definition) is 3. The monoisotopic (exact) mass is 162 g/mol. The standard InChI is InChI=1S/C7H14O4/c1-3-4-6(7(9)10)11-5(2)8/h5-6,8H,3-4H2,1-2H3,(H,9,10). The van der Waals surface area contributed by atoms with E-state index in [-0.39, 0.29) is 0 Å². The molecule has 0 aliphatic rings. The van der Waals surface area contributed by atoms with Crippen molar-refractivity contribution in [2.24, 2.45) is 0 Å². The van der Waals surface area contributed by atoms with Crippen LogP contribution in [0.1, 0.15) is 26.7 Å². The Hall–Kier alpha value is -0.610. The Kier molecular flexibility index (Phi) is 4.81. The number of aliphatic carboxylic acids is 1. The van der Waals surface area contributed by atoms with Crippen LogP contribution < -0.4 is 0 Å². The Morgan fingerprint density at radius 1 is 1.64 bits per heavy atom. The number of carboxylic acids is 1. The van der Waals surface area contributed by atoms with Crippen LogP contribution in [0.3, 0.4) is 0 Å². The second-order valence-corrected chi connectivity index (χ2v) is 2.35. The van der Waals surface area contributed by atoms with Crippen molar-refractivity contribution in [2.75, 3.05) is 0 Å². The van der Waals surface area contributed by atoms with Crippen molar-refractivity contribution >= 4 is 5.97 Å². The Balaban J connectivity index is 3.79. The van der Waals surface area contributed by atoms with Crippen LogP contribution >= 0.6 is 0 Å². The van der Waals surface area contributed by atoms with Crippen molar-refractivity contribution in [1.29, 1.82) is 0 Å². The second-order valence-electron chi connectivity index (χ2n) is 2.35. The van der Waals surface area contributed by atoms with E-state index in [2.05, 4.69) is 0 Å². The molecule has 2 atom stereocenters. The van der Waals surface area contributed by atoms with E-state index < -0.39 is 18.4 Å². The average molecular weight is 162 g/mol. The third-order valence-electron chi connectivity index (χ3n) is 1.19. The molecule has 11 heavy (non-hydrogen) atoms. The normalized spacial score (nSPS) is 15.9. The lowest BCUT2D eigenvalue weighted by molar-refractivity contribution is -0.172. The Labute approximate surface area is 65.8 Å². The van der Waals surface area contributed by atoms with Gasteiger partial charge in [0.2, 0.25) is 0 Å². The number of ether oxygens (including phenoxy) is 1. The topological polar surface area (TPSA) is 66.8 Å². The zero-order valence-electron chi connectivity index (χ0n) is 6.78. The summed E-state index contributed by atoms with van der Waals surface area (Å²) in [5.41, 5.74) is 0. The van der Waals surface area contributed by atoms with Crippen molar-refractivity contribution < 1.29 is 19.7 Å². The number of carbonyl (C=O) groups is 1. The molecule has 0 aromatic carbocycles. The highest BCUT2D eigenvalue weighted by atomic mass is 16.6. The molecule has 0 spiro atoms. The van der Waals surface area contributed by atoms with Crippen LogP contribution in [0.25, 0.3) is 0 Å². The van der Waals surface area contributed by atoms with Crippen LogP contribution in [0.5, 0.6) is 0 Å². The smallest absolute Gasteiger partial charge is 0.332 e. The molecule has 0 radical (unpaired) electrons. The van der Waals surface area contributed by atoms with Crippen LogP contribution in [-0.4, -0.2) is 28.6 Å². The van der Waals surface area contributed by atoms with E-state index in [4.69, 9.17) is 14.9 Å². The number of rotatable bonds is 5. The third-order valence-corrected chi connectivity index (χ3v) is 1.19. The van der Waals surface area contributed by atoms with E-state index in [0.717, 1.165) is 6.42 Å². The minimum absolute atomic E-state index is 0.431. The lowest BCUT2D eigenvalue weighted by Gasteiger charge is -2.14. The lowest BCUT2D eigenvalue weighted by atomic mass is 10.2. The summed E-state index contributed by atoms with van der Waals surface area (Å²) in [6.07, 6.45) is -0.730. The molecule has 0 rings (SSSR count). The van der Waals surface area contributed by atoms with Gasteiger partial charge in [-0.25, -0.2) is 4.79 Å². The summed E-state index contributed by atoms with van der Waals surface area (Å²) >= 11 is 0.